The molecule has 1 aliphatic carbocycles. The first kappa shape index (κ1) is 39.7. The number of fused-ring (bicyclic) bond motifs is 6. The van der Waals surface area contributed by atoms with E-state index in [-0.39, 0.29) is 10.8 Å². The van der Waals surface area contributed by atoms with Crippen LogP contribution >= 0.6 is 0 Å². The van der Waals surface area contributed by atoms with E-state index in [1.54, 1.807) is 0 Å². The summed E-state index contributed by atoms with van der Waals surface area (Å²) < 4.78 is 41.4. The smallest absolute Gasteiger partial charge is 0.418 e. The number of rotatable bonds is 6. The fraction of sp³-hybridized carbons (Fsp3) is 0.196. The maximum Gasteiger partial charge on any atom is 0.673 e. The molecule has 3 nitrogen and oxygen atoms in total. The van der Waals surface area contributed by atoms with Gasteiger partial charge in [0.25, 0.3) is 0 Å². The molecule has 6 aromatic rings. The molecular formula is C51H48BF4N3. The van der Waals surface area contributed by atoms with Gasteiger partial charge in [0.15, 0.2) is 5.71 Å². The van der Waals surface area contributed by atoms with Crippen molar-refractivity contribution in [1.29, 1.82) is 0 Å². The number of para-hydroxylation sites is 2. The van der Waals surface area contributed by atoms with E-state index in [0.29, 0.717) is 0 Å². The van der Waals surface area contributed by atoms with Crippen LogP contribution in [-0.2, 0) is 10.8 Å². The van der Waals surface area contributed by atoms with Crippen molar-refractivity contribution in [2.24, 2.45) is 0 Å². The molecule has 6 aromatic carbocycles. The van der Waals surface area contributed by atoms with Crippen molar-refractivity contribution in [2.75, 3.05) is 23.9 Å². The van der Waals surface area contributed by atoms with Crippen LogP contribution in [0.4, 0.5) is 40.0 Å². The fourth-order valence-electron chi connectivity index (χ4n) is 9.48. The molecule has 0 spiro atoms. The first-order chi connectivity index (χ1) is 28.2. The molecule has 0 aromatic heterocycles. The summed E-state index contributed by atoms with van der Waals surface area (Å²) in [6.45, 7) is 9.47. The van der Waals surface area contributed by atoms with Gasteiger partial charge in [0.1, 0.15) is 7.05 Å². The lowest BCUT2D eigenvalue weighted by molar-refractivity contribution is -0.399. The molecular weight excluding hydrogens is 741 g/mol. The van der Waals surface area contributed by atoms with Crippen LogP contribution in [0.5, 0.6) is 0 Å². The molecule has 3 aliphatic rings. The Morgan fingerprint density at radius 3 is 1.75 bits per heavy atom. The van der Waals surface area contributed by atoms with E-state index in [4.69, 9.17) is 0 Å². The van der Waals surface area contributed by atoms with Crippen LogP contribution in [0.15, 0.2) is 180 Å². The lowest BCUT2D eigenvalue weighted by Gasteiger charge is -2.29. The van der Waals surface area contributed by atoms with Crippen LogP contribution in [-0.4, -0.2) is 31.6 Å². The van der Waals surface area contributed by atoms with Gasteiger partial charge < -0.3 is 27.1 Å². The Kier molecular flexibility index (Phi) is 10.2. The number of likely N-dealkylation sites (N-methyl/N-ethyl adjacent to an activating group) is 1. The zero-order chi connectivity index (χ0) is 41.7. The van der Waals surface area contributed by atoms with Crippen LogP contribution in [0.3, 0.4) is 0 Å². The quantitative estimate of drug-likeness (QED) is 0.0944. The van der Waals surface area contributed by atoms with Crippen molar-refractivity contribution in [3.8, 4) is 0 Å². The molecule has 2 aliphatic heterocycles. The first-order valence-electron chi connectivity index (χ1n) is 20.2. The lowest BCUT2D eigenvalue weighted by Crippen LogP contribution is -2.26. The van der Waals surface area contributed by atoms with Crippen LogP contribution < -0.4 is 9.80 Å². The van der Waals surface area contributed by atoms with Crippen LogP contribution in [0, 0.1) is 0 Å². The zero-order valence-corrected chi connectivity index (χ0v) is 34.4. The zero-order valence-electron chi connectivity index (χ0n) is 34.4. The summed E-state index contributed by atoms with van der Waals surface area (Å²) in [5.74, 6) is 0. The summed E-state index contributed by atoms with van der Waals surface area (Å²) in [5, 5.41) is 5.18. The normalized spacial score (nSPS) is 18.3. The first-order valence-corrected chi connectivity index (χ1v) is 20.2. The van der Waals surface area contributed by atoms with Crippen molar-refractivity contribution in [3.63, 3.8) is 0 Å². The van der Waals surface area contributed by atoms with Gasteiger partial charge >= 0.3 is 7.25 Å². The third kappa shape index (κ3) is 7.30. The Bertz CT molecular complexity index is 2700. The van der Waals surface area contributed by atoms with E-state index in [9.17, 15) is 17.3 Å². The SMILES string of the molecule is CN1/C(=C/C=C2\CCC(/C=C/C3=[N+](C)c4c(ccc5ccccc45)C3(C)C)=C2N(c2ccccc2)c2ccccc2)C(C)(C)c2ccc3ccccc3c21.F[B-](F)(F)F. The highest BCUT2D eigenvalue weighted by atomic mass is 19.5. The van der Waals surface area contributed by atoms with Gasteiger partial charge in [-0.2, -0.15) is 4.58 Å². The van der Waals surface area contributed by atoms with Crippen LogP contribution in [0.1, 0.15) is 51.7 Å². The molecule has 0 saturated heterocycles. The van der Waals surface area contributed by atoms with Crippen molar-refractivity contribution >= 4 is 57.3 Å². The molecule has 0 N–H and O–H groups in total. The summed E-state index contributed by atoms with van der Waals surface area (Å²) in [7, 11) is -1.52. The molecule has 8 heteroatoms. The number of hydrogen-bond donors (Lipinski definition) is 0. The van der Waals surface area contributed by atoms with E-state index in [1.807, 2.05) is 0 Å². The fourth-order valence-corrected chi connectivity index (χ4v) is 9.48. The largest absolute Gasteiger partial charge is 0.673 e. The number of halogens is 4. The van der Waals surface area contributed by atoms with Gasteiger partial charge in [-0.3, -0.25) is 0 Å². The van der Waals surface area contributed by atoms with Gasteiger partial charge in [0.2, 0.25) is 5.69 Å². The minimum absolute atomic E-state index is 0.136. The number of anilines is 3. The highest BCUT2D eigenvalue weighted by Gasteiger charge is 2.44. The Morgan fingerprint density at radius 2 is 1.14 bits per heavy atom. The third-order valence-electron chi connectivity index (χ3n) is 12.2. The molecule has 0 saturated carbocycles. The molecule has 0 unspecified atom stereocenters. The summed E-state index contributed by atoms with van der Waals surface area (Å²) in [6, 6.07) is 48.5. The van der Waals surface area contributed by atoms with Crippen LogP contribution in [0.25, 0.3) is 21.5 Å². The maximum absolute atomic E-state index is 9.75. The highest BCUT2D eigenvalue weighted by Crippen LogP contribution is 2.51. The van der Waals surface area contributed by atoms with E-state index >= 15 is 0 Å². The monoisotopic (exact) mass is 789 g/mol. The summed E-state index contributed by atoms with van der Waals surface area (Å²) in [4.78, 5) is 4.90. The average molecular weight is 790 g/mol. The minimum Gasteiger partial charge on any atom is -0.418 e. The second-order valence-corrected chi connectivity index (χ2v) is 16.6. The predicted molar refractivity (Wildman–Crippen MR) is 240 cm³/mol. The number of nitrogens with zero attached hydrogens (tertiary/aromatic N) is 3. The van der Waals surface area contributed by atoms with Gasteiger partial charge in [-0.05, 0) is 90.6 Å². The second kappa shape index (κ2) is 15.2. The molecule has 0 atom stereocenters. The molecule has 0 bridgehead atoms. The Morgan fingerprint density at radius 1 is 0.610 bits per heavy atom. The van der Waals surface area contributed by atoms with Crippen molar-refractivity contribution < 1.29 is 21.8 Å². The summed E-state index contributed by atoms with van der Waals surface area (Å²) in [6.07, 6.45) is 11.6. The minimum atomic E-state index is -6.00. The molecule has 9 rings (SSSR count). The standard InChI is InChI=1S/C51H48N3.BF4/c1-50(2)43-31-27-35-17-13-15-23-41(35)48(43)52(5)45(50)33-29-37-25-26-38(47(37)54(39-19-9-7-10-20-39)40-21-11-8-12-22-40)30-34-46-51(3,4)44-32-28-36-18-14-16-24-42(36)49(44)53(46)6;2-1(3,4)5/h7-24,27-34H,25-26H2,1-6H3;/q+1;-1. The van der Waals surface area contributed by atoms with E-state index < -0.39 is 7.25 Å². The maximum atomic E-state index is 9.75. The van der Waals surface area contributed by atoms with Gasteiger partial charge in [-0.15, -0.1) is 0 Å². The Hall–Kier alpha value is -6.15. The molecule has 0 fully saturated rings. The van der Waals surface area contributed by atoms with Gasteiger partial charge in [-0.25, -0.2) is 0 Å². The average Bonchev–Trinajstić information content (AvgIpc) is 3.76. The lowest BCUT2D eigenvalue weighted by atomic mass is 9.80. The number of allylic oxidation sites excluding steroid dienone is 7. The summed E-state index contributed by atoms with van der Waals surface area (Å²) >= 11 is 0. The van der Waals surface area contributed by atoms with Gasteiger partial charge in [0, 0.05) is 46.6 Å². The molecule has 2 heterocycles. The van der Waals surface area contributed by atoms with Gasteiger partial charge in [-0.1, -0.05) is 129 Å². The predicted octanol–water partition coefficient (Wildman–Crippen LogP) is 14.0. The number of hydrogen-bond acceptors (Lipinski definition) is 2. The molecule has 0 amide bonds. The number of benzene rings is 6. The Labute approximate surface area is 344 Å². The van der Waals surface area contributed by atoms with E-state index in [2.05, 4.69) is 214 Å². The highest BCUT2D eigenvalue weighted by molar-refractivity contribution is 6.50. The third-order valence-corrected chi connectivity index (χ3v) is 12.2. The van der Waals surface area contributed by atoms with Gasteiger partial charge in [0.05, 0.1) is 22.2 Å². The molecule has 298 valence electrons. The van der Waals surface area contributed by atoms with Crippen molar-refractivity contribution in [1.82, 2.24) is 0 Å². The van der Waals surface area contributed by atoms with Crippen molar-refractivity contribution in [2.45, 2.75) is 51.4 Å². The van der Waals surface area contributed by atoms with Crippen molar-refractivity contribution in [3.05, 3.63) is 191 Å². The van der Waals surface area contributed by atoms with E-state index in [1.165, 1.54) is 72.3 Å². The molecule has 59 heavy (non-hydrogen) atoms. The summed E-state index contributed by atoms with van der Waals surface area (Å²) in [5.41, 5.74) is 14.0. The van der Waals surface area contributed by atoms with Crippen LogP contribution in [0.2, 0.25) is 0 Å². The topological polar surface area (TPSA) is 9.49 Å². The second-order valence-electron chi connectivity index (χ2n) is 16.6. The Balaban J connectivity index is 0.000000915. The molecule has 0 radical (unpaired) electrons. The van der Waals surface area contributed by atoms with E-state index in [0.717, 1.165) is 24.2 Å².